The van der Waals surface area contributed by atoms with Crippen molar-refractivity contribution >= 4 is 24.2 Å². The number of carbonyl (C=O) groups excluding carboxylic acids is 1. The molecule has 0 spiro atoms. The number of carbonyl (C=O) groups is 1. The van der Waals surface area contributed by atoms with Crippen molar-refractivity contribution in [2.24, 2.45) is 0 Å². The number of anilines is 1. The number of amides is 1. The van der Waals surface area contributed by atoms with Crippen LogP contribution in [0.4, 0.5) is 23.7 Å². The minimum Gasteiger partial charge on any atom is -0.427 e. The quantitative estimate of drug-likeness (QED) is 0.941. The number of nitrogens with zero attached hydrogens (tertiary/aromatic N) is 2. The monoisotopic (exact) mass is 321 g/mol. The van der Waals surface area contributed by atoms with Gasteiger partial charge < -0.3 is 9.30 Å². The number of halogens is 4. The Morgan fingerprint density at radius 3 is 2.76 bits per heavy atom. The molecule has 0 aliphatic heterocycles. The molecule has 0 aliphatic carbocycles. The highest BCUT2D eigenvalue weighted by Crippen LogP contribution is 2.30. The van der Waals surface area contributed by atoms with Crippen LogP contribution in [-0.4, -0.2) is 15.6 Å². The van der Waals surface area contributed by atoms with Gasteiger partial charge in [0.1, 0.15) is 0 Å². The molecule has 0 atom stereocenters. The topological polar surface area (TPSA) is 56.1 Å². The molecule has 9 heteroatoms. The third-order valence-corrected chi connectivity index (χ3v) is 2.34. The molecule has 5 nitrogen and oxygen atoms in total. The Morgan fingerprint density at radius 2 is 2.14 bits per heavy atom. The minimum atomic E-state index is -4.46. The van der Waals surface area contributed by atoms with E-state index in [2.05, 4.69) is 10.3 Å². The van der Waals surface area contributed by atoms with Crippen molar-refractivity contribution in [2.75, 3.05) is 5.32 Å². The number of hydrogen-bond donors (Lipinski definition) is 1. The lowest BCUT2D eigenvalue weighted by Gasteiger charge is -2.10. The molecule has 1 aromatic carbocycles. The van der Waals surface area contributed by atoms with E-state index in [0.717, 1.165) is 12.1 Å². The lowest BCUT2D eigenvalue weighted by molar-refractivity contribution is -0.137. The van der Waals surface area contributed by atoms with Gasteiger partial charge in [-0.05, 0) is 18.2 Å². The molecule has 0 saturated carbocycles. The molecule has 0 aliphatic rings. The number of hydrogen-bond acceptors (Lipinski definition) is 3. The van der Waals surface area contributed by atoms with Crippen LogP contribution < -0.4 is 5.32 Å². The van der Waals surface area contributed by atoms with Gasteiger partial charge in [-0.15, -0.1) is 12.4 Å². The fourth-order valence-corrected chi connectivity index (χ4v) is 1.42. The van der Waals surface area contributed by atoms with Crippen LogP contribution in [0.2, 0.25) is 0 Å². The third kappa shape index (κ3) is 4.99. The second kappa shape index (κ2) is 6.98. The molecule has 1 amide bonds. The molecule has 0 bridgehead atoms. The molecule has 114 valence electrons. The zero-order valence-corrected chi connectivity index (χ0v) is 11.3. The Kier molecular flexibility index (Phi) is 5.60. The van der Waals surface area contributed by atoms with Crippen LogP contribution in [0.5, 0.6) is 0 Å². The van der Waals surface area contributed by atoms with E-state index in [1.165, 1.54) is 29.2 Å². The fourth-order valence-electron chi connectivity index (χ4n) is 1.42. The van der Waals surface area contributed by atoms with Gasteiger partial charge in [-0.25, -0.2) is 9.78 Å². The van der Waals surface area contributed by atoms with Gasteiger partial charge in [-0.2, -0.15) is 13.2 Å². The molecule has 0 saturated heterocycles. The van der Waals surface area contributed by atoms with Gasteiger partial charge in [0.25, 0.3) is 0 Å². The van der Waals surface area contributed by atoms with E-state index < -0.39 is 17.8 Å². The van der Waals surface area contributed by atoms with Crippen molar-refractivity contribution in [3.8, 4) is 0 Å². The lowest BCUT2D eigenvalue weighted by Crippen LogP contribution is -2.16. The predicted molar refractivity (Wildman–Crippen MR) is 71.0 cm³/mol. The summed E-state index contributed by atoms with van der Waals surface area (Å²) in [6.45, 7) is -0.0786. The van der Waals surface area contributed by atoms with Gasteiger partial charge in [-0.3, -0.25) is 5.32 Å². The van der Waals surface area contributed by atoms with Crippen LogP contribution in [0.15, 0.2) is 43.0 Å². The second-order valence-corrected chi connectivity index (χ2v) is 3.84. The maximum Gasteiger partial charge on any atom is 0.416 e. The number of benzene rings is 1. The predicted octanol–water partition coefficient (Wildman–Crippen LogP) is 3.53. The van der Waals surface area contributed by atoms with E-state index in [-0.39, 0.29) is 24.8 Å². The van der Waals surface area contributed by atoms with Crippen molar-refractivity contribution in [2.45, 2.75) is 12.9 Å². The van der Waals surface area contributed by atoms with Crippen molar-refractivity contribution in [3.05, 3.63) is 48.5 Å². The molecule has 0 radical (unpaired) electrons. The summed E-state index contributed by atoms with van der Waals surface area (Å²) >= 11 is 0. The Balaban J connectivity index is 0.00000220. The molecule has 1 N–H and O–H groups in total. The van der Waals surface area contributed by atoms with Crippen LogP contribution in [-0.2, 0) is 17.6 Å². The largest absolute Gasteiger partial charge is 0.427 e. The molecule has 2 rings (SSSR count). The summed E-state index contributed by atoms with van der Waals surface area (Å²) in [5.74, 6) is 0. The summed E-state index contributed by atoms with van der Waals surface area (Å²) in [5, 5.41) is 2.22. The maximum absolute atomic E-state index is 12.5. The number of rotatable bonds is 3. The molecular formula is C12H11ClF3N3O2. The number of nitrogens with one attached hydrogen (secondary N) is 1. The lowest BCUT2D eigenvalue weighted by atomic mass is 10.2. The third-order valence-electron chi connectivity index (χ3n) is 2.34. The number of ether oxygens (including phenoxy) is 1. The van der Waals surface area contributed by atoms with E-state index in [0.29, 0.717) is 0 Å². The average molecular weight is 322 g/mol. The first-order valence-electron chi connectivity index (χ1n) is 5.52. The Bertz CT molecular complexity index is 588. The van der Waals surface area contributed by atoms with E-state index >= 15 is 0 Å². The normalized spacial score (nSPS) is 10.6. The van der Waals surface area contributed by atoms with E-state index in [9.17, 15) is 18.0 Å². The summed E-state index contributed by atoms with van der Waals surface area (Å²) in [4.78, 5) is 15.2. The van der Waals surface area contributed by atoms with Crippen molar-refractivity contribution in [3.63, 3.8) is 0 Å². The summed E-state index contributed by atoms with van der Waals surface area (Å²) in [6, 6.07) is 4.29. The highest BCUT2D eigenvalue weighted by Gasteiger charge is 2.30. The fraction of sp³-hybridized carbons (Fsp3) is 0.167. The van der Waals surface area contributed by atoms with E-state index in [4.69, 9.17) is 4.74 Å². The molecular weight excluding hydrogens is 311 g/mol. The van der Waals surface area contributed by atoms with Gasteiger partial charge in [0.15, 0.2) is 6.73 Å². The highest BCUT2D eigenvalue weighted by molar-refractivity contribution is 5.85. The maximum atomic E-state index is 12.5. The Hall–Kier alpha value is -2.22. The van der Waals surface area contributed by atoms with Gasteiger partial charge in [-0.1, -0.05) is 6.07 Å². The highest BCUT2D eigenvalue weighted by atomic mass is 35.5. The second-order valence-electron chi connectivity index (χ2n) is 3.84. The Labute approximate surface area is 124 Å². The molecule has 0 unspecified atom stereocenters. The summed E-state index contributed by atoms with van der Waals surface area (Å²) < 4.78 is 43.8. The first-order chi connectivity index (χ1) is 9.45. The van der Waals surface area contributed by atoms with Crippen molar-refractivity contribution in [1.82, 2.24) is 9.55 Å². The zero-order chi connectivity index (χ0) is 14.6. The van der Waals surface area contributed by atoms with Gasteiger partial charge in [0.2, 0.25) is 0 Å². The average Bonchev–Trinajstić information content (AvgIpc) is 2.89. The first-order valence-corrected chi connectivity index (χ1v) is 5.52. The Morgan fingerprint density at radius 1 is 1.38 bits per heavy atom. The van der Waals surface area contributed by atoms with Crippen LogP contribution in [0.3, 0.4) is 0 Å². The van der Waals surface area contributed by atoms with Gasteiger partial charge in [0, 0.05) is 18.1 Å². The summed E-state index contributed by atoms with van der Waals surface area (Å²) in [5.41, 5.74) is -0.833. The van der Waals surface area contributed by atoms with Crippen LogP contribution in [0, 0.1) is 0 Å². The van der Waals surface area contributed by atoms with Gasteiger partial charge >= 0.3 is 12.3 Å². The van der Waals surface area contributed by atoms with Crippen LogP contribution in [0.1, 0.15) is 5.56 Å². The smallest absolute Gasteiger partial charge is 0.416 e. The van der Waals surface area contributed by atoms with Crippen LogP contribution in [0.25, 0.3) is 0 Å². The molecule has 21 heavy (non-hydrogen) atoms. The molecule has 0 fully saturated rings. The number of aromatic nitrogens is 2. The number of alkyl halides is 3. The van der Waals surface area contributed by atoms with Gasteiger partial charge in [0.05, 0.1) is 11.9 Å². The SMILES string of the molecule is Cl.O=C(Nc1cccc(C(F)(F)F)c1)OCn1ccnc1. The van der Waals surface area contributed by atoms with E-state index in [1.54, 1.807) is 6.20 Å². The molecule has 1 aromatic heterocycles. The van der Waals surface area contributed by atoms with Crippen LogP contribution >= 0.6 is 12.4 Å². The molecule has 2 aromatic rings. The zero-order valence-electron chi connectivity index (χ0n) is 10.5. The van der Waals surface area contributed by atoms with Crippen molar-refractivity contribution < 1.29 is 22.7 Å². The number of imidazole rings is 1. The molecule has 1 heterocycles. The summed E-state index contributed by atoms with van der Waals surface area (Å²) in [7, 11) is 0. The van der Waals surface area contributed by atoms with Crippen molar-refractivity contribution in [1.29, 1.82) is 0 Å². The standard InChI is InChI=1S/C12H10F3N3O2.ClH/c13-12(14,15)9-2-1-3-10(6-9)17-11(19)20-8-18-5-4-16-7-18;/h1-7H,8H2,(H,17,19);1H. The minimum absolute atomic E-state index is 0. The first kappa shape index (κ1) is 16.8. The van der Waals surface area contributed by atoms with E-state index in [1.807, 2.05) is 0 Å². The summed E-state index contributed by atoms with van der Waals surface area (Å²) in [6.07, 6.45) is -0.778.